The van der Waals surface area contributed by atoms with Crippen molar-refractivity contribution in [2.24, 2.45) is 0 Å². The number of allylic oxidation sites excluding steroid dienone is 1. The number of oxazole rings is 1. The van der Waals surface area contributed by atoms with E-state index in [-0.39, 0.29) is 5.57 Å². The van der Waals surface area contributed by atoms with E-state index < -0.39 is 0 Å². The van der Waals surface area contributed by atoms with Crippen LogP contribution in [0.15, 0.2) is 34.4 Å². The standard InChI is InChI=1S/C15H14N4O/c1-2-3-4-15-19-13-6-5-12(7-14(13)20-15)18-10-11(8-16)9-17/h5-7,10,18H,2-4H2,1H3. The molecular formula is C15H14N4O. The first-order valence-corrected chi connectivity index (χ1v) is 6.43. The second kappa shape index (κ2) is 6.40. The lowest BCUT2D eigenvalue weighted by Crippen LogP contribution is -1.89. The van der Waals surface area contributed by atoms with Crippen molar-refractivity contribution in [2.75, 3.05) is 5.32 Å². The molecule has 0 aliphatic heterocycles. The largest absolute Gasteiger partial charge is 0.441 e. The van der Waals surface area contributed by atoms with Gasteiger partial charge in [0.2, 0.25) is 0 Å². The SMILES string of the molecule is CCCCc1nc2ccc(NC=C(C#N)C#N)cc2o1. The number of unbranched alkanes of at least 4 members (excludes halogenated alkanes) is 1. The Morgan fingerprint density at radius 3 is 2.90 bits per heavy atom. The molecule has 0 amide bonds. The number of aromatic nitrogens is 1. The first kappa shape index (κ1) is 13.6. The van der Waals surface area contributed by atoms with Crippen LogP contribution in [0.3, 0.4) is 0 Å². The molecule has 1 heterocycles. The molecule has 2 rings (SSSR count). The third-order valence-electron chi connectivity index (χ3n) is 2.80. The molecule has 0 aliphatic rings. The molecule has 0 saturated heterocycles. The summed E-state index contributed by atoms with van der Waals surface area (Å²) in [6, 6.07) is 9.06. The Morgan fingerprint density at radius 1 is 1.40 bits per heavy atom. The van der Waals surface area contributed by atoms with Gasteiger partial charge in [-0.1, -0.05) is 13.3 Å². The van der Waals surface area contributed by atoms with E-state index >= 15 is 0 Å². The van der Waals surface area contributed by atoms with Gasteiger partial charge in [0.25, 0.3) is 0 Å². The van der Waals surface area contributed by atoms with Gasteiger partial charge in [-0.3, -0.25) is 0 Å². The monoisotopic (exact) mass is 266 g/mol. The first-order valence-electron chi connectivity index (χ1n) is 6.43. The fraction of sp³-hybridized carbons (Fsp3) is 0.267. The number of hydrogen-bond donors (Lipinski definition) is 1. The number of benzene rings is 1. The van der Waals surface area contributed by atoms with Crippen LogP contribution in [-0.4, -0.2) is 4.98 Å². The van der Waals surface area contributed by atoms with Crippen LogP contribution in [0.2, 0.25) is 0 Å². The van der Waals surface area contributed by atoms with E-state index in [0.29, 0.717) is 5.58 Å². The number of nitrogens with zero attached hydrogens (tertiary/aromatic N) is 3. The summed E-state index contributed by atoms with van der Waals surface area (Å²) < 4.78 is 5.67. The minimum absolute atomic E-state index is 0.0197. The molecule has 100 valence electrons. The summed E-state index contributed by atoms with van der Waals surface area (Å²) in [6.45, 7) is 2.12. The summed E-state index contributed by atoms with van der Waals surface area (Å²) in [6.07, 6.45) is 4.35. The van der Waals surface area contributed by atoms with E-state index in [0.717, 1.165) is 36.4 Å². The maximum absolute atomic E-state index is 8.65. The fourth-order valence-corrected chi connectivity index (χ4v) is 1.74. The number of hydrogen-bond acceptors (Lipinski definition) is 5. The number of rotatable bonds is 5. The Balaban J connectivity index is 2.19. The van der Waals surface area contributed by atoms with E-state index in [4.69, 9.17) is 14.9 Å². The van der Waals surface area contributed by atoms with Gasteiger partial charge < -0.3 is 9.73 Å². The highest BCUT2D eigenvalue weighted by Gasteiger charge is 2.05. The minimum Gasteiger partial charge on any atom is -0.441 e. The lowest BCUT2D eigenvalue weighted by atomic mass is 10.2. The van der Waals surface area contributed by atoms with Crippen molar-refractivity contribution in [3.05, 3.63) is 35.9 Å². The Bertz CT molecular complexity index is 700. The Labute approximate surface area is 117 Å². The van der Waals surface area contributed by atoms with Crippen LogP contribution in [0.1, 0.15) is 25.7 Å². The predicted molar refractivity (Wildman–Crippen MR) is 75.6 cm³/mol. The molecule has 0 atom stereocenters. The number of fused-ring (bicyclic) bond motifs is 1. The van der Waals surface area contributed by atoms with Crippen LogP contribution in [-0.2, 0) is 6.42 Å². The van der Waals surface area contributed by atoms with E-state index in [2.05, 4.69) is 17.2 Å². The average Bonchev–Trinajstić information content (AvgIpc) is 2.88. The molecule has 0 bridgehead atoms. The van der Waals surface area contributed by atoms with Gasteiger partial charge in [-0.05, 0) is 18.6 Å². The third kappa shape index (κ3) is 3.15. The second-order valence-corrected chi connectivity index (χ2v) is 4.32. The Kier molecular flexibility index (Phi) is 4.36. The van der Waals surface area contributed by atoms with Gasteiger partial charge in [0.1, 0.15) is 23.2 Å². The summed E-state index contributed by atoms with van der Waals surface area (Å²) in [5, 5.41) is 20.2. The van der Waals surface area contributed by atoms with Crippen LogP contribution in [0.25, 0.3) is 11.1 Å². The summed E-state index contributed by atoms with van der Waals surface area (Å²) in [5.74, 6) is 0.740. The van der Waals surface area contributed by atoms with E-state index in [1.54, 1.807) is 18.2 Å². The van der Waals surface area contributed by atoms with Crippen LogP contribution < -0.4 is 5.32 Å². The molecule has 0 aliphatic carbocycles. The van der Waals surface area contributed by atoms with Crippen molar-refractivity contribution in [3.63, 3.8) is 0 Å². The summed E-state index contributed by atoms with van der Waals surface area (Å²) in [4.78, 5) is 4.40. The summed E-state index contributed by atoms with van der Waals surface area (Å²) >= 11 is 0. The Morgan fingerprint density at radius 2 is 2.20 bits per heavy atom. The molecule has 0 unspecified atom stereocenters. The molecule has 1 N–H and O–H groups in total. The topological polar surface area (TPSA) is 85.6 Å². The van der Waals surface area contributed by atoms with Crippen molar-refractivity contribution >= 4 is 16.8 Å². The first-order chi connectivity index (χ1) is 9.76. The molecule has 0 saturated carbocycles. The summed E-state index contributed by atoms with van der Waals surface area (Å²) in [7, 11) is 0. The molecule has 5 nitrogen and oxygen atoms in total. The van der Waals surface area contributed by atoms with Crippen molar-refractivity contribution in [2.45, 2.75) is 26.2 Å². The van der Waals surface area contributed by atoms with Gasteiger partial charge in [-0.15, -0.1) is 0 Å². The molecule has 20 heavy (non-hydrogen) atoms. The number of anilines is 1. The number of nitrogens with one attached hydrogen (secondary N) is 1. The highest BCUT2D eigenvalue weighted by molar-refractivity contribution is 5.77. The lowest BCUT2D eigenvalue weighted by molar-refractivity contribution is 0.518. The molecule has 2 aromatic rings. The quantitative estimate of drug-likeness (QED) is 0.837. The maximum Gasteiger partial charge on any atom is 0.195 e. The summed E-state index contributed by atoms with van der Waals surface area (Å²) in [5.41, 5.74) is 2.28. The molecule has 0 radical (unpaired) electrons. The van der Waals surface area contributed by atoms with Crippen LogP contribution in [0.4, 0.5) is 5.69 Å². The average molecular weight is 266 g/mol. The van der Waals surface area contributed by atoms with Crippen LogP contribution >= 0.6 is 0 Å². The zero-order valence-corrected chi connectivity index (χ0v) is 11.2. The van der Waals surface area contributed by atoms with Gasteiger partial charge in [-0.25, -0.2) is 4.98 Å². The zero-order chi connectivity index (χ0) is 14.4. The van der Waals surface area contributed by atoms with Gasteiger partial charge in [0, 0.05) is 24.4 Å². The molecule has 1 aromatic carbocycles. The van der Waals surface area contributed by atoms with Gasteiger partial charge in [-0.2, -0.15) is 10.5 Å². The number of nitriles is 2. The van der Waals surface area contributed by atoms with Gasteiger partial charge >= 0.3 is 0 Å². The number of aryl methyl sites for hydroxylation is 1. The molecule has 1 aromatic heterocycles. The predicted octanol–water partition coefficient (Wildman–Crippen LogP) is 3.51. The van der Waals surface area contributed by atoms with Gasteiger partial charge in [0.05, 0.1) is 0 Å². The van der Waals surface area contributed by atoms with Crippen molar-refractivity contribution in [3.8, 4) is 12.1 Å². The van der Waals surface area contributed by atoms with E-state index in [1.165, 1.54) is 6.20 Å². The van der Waals surface area contributed by atoms with Crippen molar-refractivity contribution in [1.82, 2.24) is 4.98 Å². The van der Waals surface area contributed by atoms with Crippen molar-refractivity contribution < 1.29 is 4.42 Å². The third-order valence-corrected chi connectivity index (χ3v) is 2.80. The minimum atomic E-state index is 0.0197. The van der Waals surface area contributed by atoms with E-state index in [9.17, 15) is 0 Å². The fourth-order valence-electron chi connectivity index (χ4n) is 1.74. The van der Waals surface area contributed by atoms with Crippen LogP contribution in [0.5, 0.6) is 0 Å². The highest BCUT2D eigenvalue weighted by atomic mass is 16.3. The Hall–Kier alpha value is -2.79. The molecule has 0 fully saturated rings. The van der Waals surface area contributed by atoms with Crippen LogP contribution in [0, 0.1) is 22.7 Å². The smallest absolute Gasteiger partial charge is 0.195 e. The molecular weight excluding hydrogens is 252 g/mol. The second-order valence-electron chi connectivity index (χ2n) is 4.32. The van der Waals surface area contributed by atoms with E-state index in [1.807, 2.05) is 12.1 Å². The highest BCUT2D eigenvalue weighted by Crippen LogP contribution is 2.21. The maximum atomic E-state index is 8.65. The van der Waals surface area contributed by atoms with Gasteiger partial charge in [0.15, 0.2) is 11.5 Å². The van der Waals surface area contributed by atoms with Crippen molar-refractivity contribution in [1.29, 1.82) is 10.5 Å². The molecule has 5 heteroatoms. The zero-order valence-electron chi connectivity index (χ0n) is 11.2. The molecule has 0 spiro atoms. The normalized spacial score (nSPS) is 9.75. The lowest BCUT2D eigenvalue weighted by Gasteiger charge is -1.98.